The van der Waals surface area contributed by atoms with Crippen molar-refractivity contribution in [3.05, 3.63) is 0 Å². The van der Waals surface area contributed by atoms with Crippen LogP contribution in [0.1, 0.15) is 33.1 Å². The third kappa shape index (κ3) is 80.3. The molecule has 0 N–H and O–H groups in total. The normalized spacial score (nSPS) is 10.4. The Morgan fingerprint density at radius 1 is 0.576 bits per heavy atom. The molecule has 0 aromatic rings. The molecule has 0 spiro atoms. The van der Waals surface area contributed by atoms with E-state index in [0.717, 1.165) is 0 Å². The van der Waals surface area contributed by atoms with Gasteiger partial charge in [-0.2, -0.15) is 25.3 Å². The zero-order chi connectivity index (χ0) is 28.1. The van der Waals surface area contributed by atoms with Crippen LogP contribution < -0.4 is 0 Å². The van der Waals surface area contributed by atoms with Crippen LogP contribution in [0.2, 0.25) is 0 Å². The van der Waals surface area contributed by atoms with Crippen molar-refractivity contribution in [2.45, 2.75) is 33.1 Å². The first-order valence-corrected chi connectivity index (χ1v) is 13.5. The van der Waals surface area contributed by atoms with Gasteiger partial charge in [-0.25, -0.2) is 0 Å². The fourth-order valence-electron chi connectivity index (χ4n) is 1.30. The van der Waals surface area contributed by atoms with E-state index in [1.165, 1.54) is 13.8 Å². The Bertz CT molecular complexity index is 625. The second kappa shape index (κ2) is 31.2. The third-order valence-electron chi connectivity index (χ3n) is 2.16. The Labute approximate surface area is 191 Å². The minimum absolute atomic E-state index is 0.0648. The van der Waals surface area contributed by atoms with Crippen molar-refractivity contribution >= 4 is 30.7 Å². The van der Waals surface area contributed by atoms with Crippen molar-refractivity contribution < 1.29 is 63.3 Å². The van der Waals surface area contributed by atoms with Gasteiger partial charge in [0.25, 0.3) is 0 Å². The average Bonchev–Trinajstić information content (AvgIpc) is 2.64. The fraction of sp³-hybridized carbons (Fsp3) is 1.00. The Morgan fingerprint density at radius 3 is 1.06 bits per heavy atom. The van der Waals surface area contributed by atoms with E-state index < -0.39 is 73.6 Å². The second-order valence-electron chi connectivity index (χ2n) is 4.93. The van der Waals surface area contributed by atoms with Crippen LogP contribution in [-0.4, -0.2) is 83.6 Å². The largest absolute Gasteiger partial charge is 0.302 e. The maximum Gasteiger partial charge on any atom is 0.302 e. The van der Waals surface area contributed by atoms with Crippen LogP contribution in [0.4, 0.5) is 38.0 Å². The van der Waals surface area contributed by atoms with Crippen LogP contribution in [0.3, 0.4) is 0 Å². The monoisotopic (exact) mass is 576 g/mol. The van der Waals surface area contributed by atoms with Crippen LogP contribution in [-0.2, 0) is 30.7 Å². The Kier molecular flexibility index (Phi) is 43.2. The summed E-state index contributed by atoms with van der Waals surface area (Å²) in [6.07, 6.45) is -0.329. The molecule has 0 saturated carbocycles. The molecular weight excluding hydrogens is 543 g/mol. The van der Waals surface area contributed by atoms with Gasteiger partial charge in [0.05, 0.1) is 58.3 Å². The topological polar surface area (TPSA) is 102 Å². The van der Waals surface area contributed by atoms with Crippen molar-refractivity contribution in [1.82, 2.24) is 0 Å². The molecule has 6 nitrogen and oxygen atoms in total. The lowest BCUT2D eigenvalue weighted by molar-refractivity contribution is 0.413. The summed E-state index contributed by atoms with van der Waals surface area (Å²) in [5.41, 5.74) is 0. The summed E-state index contributed by atoms with van der Waals surface area (Å²) in [6.45, 7) is 0.797. The molecule has 0 atom stereocenters. The molecule has 0 aromatic heterocycles. The van der Waals surface area contributed by atoms with Gasteiger partial charge < -0.3 is 0 Å². The van der Waals surface area contributed by atoms with Crippen molar-refractivity contribution in [1.29, 1.82) is 0 Å². The van der Waals surface area contributed by atoms with E-state index in [1.54, 1.807) is 0 Å². The molecular formula is C15H33F9O6S3. The lowest BCUT2D eigenvalue weighted by Gasteiger charge is -2.09. The first-order valence-electron chi connectivity index (χ1n) is 8.79. The molecule has 18 heteroatoms. The highest BCUT2D eigenvalue weighted by Gasteiger charge is 2.24. The molecule has 0 aromatic carbocycles. The lowest BCUT2D eigenvalue weighted by Crippen LogP contribution is -2.20. The molecule has 0 aliphatic heterocycles. The van der Waals surface area contributed by atoms with E-state index in [1.807, 2.05) is 0 Å². The van der Waals surface area contributed by atoms with Gasteiger partial charge in [-0.1, -0.05) is 0 Å². The summed E-state index contributed by atoms with van der Waals surface area (Å²) in [7, 11) is -13.2. The molecule has 0 aliphatic rings. The Balaban J connectivity index is -0.0000000820. The lowest BCUT2D eigenvalue weighted by atomic mass is 10.1. The zero-order valence-corrected chi connectivity index (χ0v) is 21.2. The highest BCUT2D eigenvalue weighted by atomic mass is 32.3. The summed E-state index contributed by atoms with van der Waals surface area (Å²) in [6, 6.07) is 0. The number of unbranched alkanes of at least 4 members (excludes halogenated alkanes) is 1. The molecule has 0 aliphatic carbocycles. The third-order valence-corrected chi connectivity index (χ3v) is 4.67. The molecule has 0 heterocycles. The SMILES string of the molecule is CCF.CCF.CF.CF.O=S(=O)(F)CC(CCF)CS(=O)(=O)F.O=S(=O)(F)CCCCF. The number of rotatable bonds is 10. The molecule has 33 heavy (non-hydrogen) atoms. The van der Waals surface area contributed by atoms with Crippen LogP contribution in [0.25, 0.3) is 0 Å². The highest BCUT2D eigenvalue weighted by molar-refractivity contribution is 7.87. The van der Waals surface area contributed by atoms with Gasteiger partial charge in [0.2, 0.25) is 0 Å². The van der Waals surface area contributed by atoms with Gasteiger partial charge >= 0.3 is 30.7 Å². The number of alkyl halides is 6. The first kappa shape index (κ1) is 45.7. The number of hydrogen-bond acceptors (Lipinski definition) is 6. The highest BCUT2D eigenvalue weighted by Crippen LogP contribution is 2.13. The summed E-state index contributed by atoms with van der Waals surface area (Å²) in [5, 5.41) is 0. The van der Waals surface area contributed by atoms with Crippen molar-refractivity contribution in [2.75, 3.05) is 58.3 Å². The van der Waals surface area contributed by atoms with Crippen molar-refractivity contribution in [3.63, 3.8) is 0 Å². The van der Waals surface area contributed by atoms with Crippen LogP contribution >= 0.6 is 0 Å². The van der Waals surface area contributed by atoms with E-state index in [9.17, 15) is 63.3 Å². The maximum absolute atomic E-state index is 12.1. The van der Waals surface area contributed by atoms with E-state index in [4.69, 9.17) is 0 Å². The van der Waals surface area contributed by atoms with Gasteiger partial charge in [0.15, 0.2) is 0 Å². The van der Waals surface area contributed by atoms with E-state index in [0.29, 0.717) is 14.4 Å². The summed E-state index contributed by atoms with van der Waals surface area (Å²) < 4.78 is 158. The molecule has 0 bridgehead atoms. The first-order chi connectivity index (χ1) is 15.0. The summed E-state index contributed by atoms with van der Waals surface area (Å²) >= 11 is 0. The minimum Gasteiger partial charge on any atom is -0.255 e. The standard InChI is InChI=1S/C5H9F3O4S2.C4H8F2O2S.2C2H5F.2CH3F/c6-2-1-5(3-13(7,9)10)4-14(8,11)12;5-3-1-2-4-9(6,7)8;2*1-2-3;2*1-2/h5H,1-4H2;1-4H2;2*2H2,1H3;2*1H3. The molecule has 0 rings (SSSR count). The quantitative estimate of drug-likeness (QED) is 0.212. The smallest absolute Gasteiger partial charge is 0.255 e. The van der Waals surface area contributed by atoms with Gasteiger partial charge in [-0.15, -0.1) is 11.7 Å². The summed E-state index contributed by atoms with van der Waals surface area (Å²) in [5.74, 6) is -4.30. The molecule has 0 unspecified atom stereocenters. The Hall–Kier alpha value is -0.780. The molecule has 0 fully saturated rings. The second-order valence-corrected chi connectivity index (χ2v) is 9.24. The summed E-state index contributed by atoms with van der Waals surface area (Å²) in [4.78, 5) is 0. The predicted octanol–water partition coefficient (Wildman–Crippen LogP) is 4.72. The van der Waals surface area contributed by atoms with E-state index >= 15 is 0 Å². The molecule has 0 radical (unpaired) electrons. The fourth-order valence-corrected chi connectivity index (χ4v) is 3.69. The molecule has 210 valence electrons. The zero-order valence-electron chi connectivity index (χ0n) is 18.7. The van der Waals surface area contributed by atoms with Gasteiger partial charge in [-0.3, -0.25) is 26.3 Å². The van der Waals surface area contributed by atoms with Gasteiger partial charge in [-0.05, 0) is 39.0 Å². The van der Waals surface area contributed by atoms with E-state index in [-0.39, 0.29) is 26.2 Å². The Morgan fingerprint density at radius 2 is 0.879 bits per heavy atom. The van der Waals surface area contributed by atoms with E-state index in [2.05, 4.69) is 0 Å². The van der Waals surface area contributed by atoms with Gasteiger partial charge in [0.1, 0.15) is 0 Å². The van der Waals surface area contributed by atoms with Crippen LogP contribution in [0.5, 0.6) is 0 Å². The van der Waals surface area contributed by atoms with Crippen molar-refractivity contribution in [2.24, 2.45) is 5.92 Å². The van der Waals surface area contributed by atoms with Gasteiger partial charge in [0, 0.05) is 0 Å². The minimum atomic E-state index is -4.92. The molecule has 0 amide bonds. The number of halogens is 9. The maximum atomic E-state index is 12.1. The predicted molar refractivity (Wildman–Crippen MR) is 111 cm³/mol. The number of hydrogen-bond donors (Lipinski definition) is 0. The van der Waals surface area contributed by atoms with Crippen LogP contribution in [0.15, 0.2) is 0 Å². The average molecular weight is 577 g/mol. The van der Waals surface area contributed by atoms with Crippen molar-refractivity contribution in [3.8, 4) is 0 Å². The van der Waals surface area contributed by atoms with Crippen LogP contribution in [0, 0.1) is 5.92 Å². The molecule has 0 saturated heterocycles.